The molecule has 2 aromatic carbocycles. The topological polar surface area (TPSA) is 44.5 Å². The van der Waals surface area contributed by atoms with Gasteiger partial charge in [0.05, 0.1) is 19.2 Å². The molecule has 0 fully saturated rings. The molecule has 0 aromatic heterocycles. The Labute approximate surface area is 139 Å². The average Bonchev–Trinajstić information content (AvgIpc) is 2.56. The lowest BCUT2D eigenvalue weighted by Crippen LogP contribution is -2.17. The predicted octanol–water partition coefficient (Wildman–Crippen LogP) is 3.92. The van der Waals surface area contributed by atoms with Crippen molar-refractivity contribution < 1.29 is 18.3 Å². The highest BCUT2D eigenvalue weighted by Gasteiger charge is 2.20. The molecule has 2 aromatic rings. The zero-order chi connectivity index (χ0) is 17.0. The maximum Gasteiger partial charge on any atom is 0.179 e. The van der Waals surface area contributed by atoms with Gasteiger partial charge in [-0.2, -0.15) is 0 Å². The summed E-state index contributed by atoms with van der Waals surface area (Å²) < 4.78 is 37.8. The molecule has 0 amide bonds. The van der Waals surface area contributed by atoms with E-state index >= 15 is 0 Å². The Bertz CT molecular complexity index is 695. The summed E-state index contributed by atoms with van der Waals surface area (Å²) in [6.45, 7) is 0.158. The average molecular weight is 342 g/mol. The molecule has 124 valence electrons. The molecular weight excluding hydrogens is 324 g/mol. The van der Waals surface area contributed by atoms with Crippen molar-refractivity contribution >= 4 is 11.6 Å². The number of hydrogen-bond donors (Lipinski definition) is 1. The number of rotatable bonds is 6. The van der Waals surface area contributed by atoms with E-state index in [0.717, 1.165) is 17.7 Å². The lowest BCUT2D eigenvalue weighted by Gasteiger charge is -2.19. The van der Waals surface area contributed by atoms with Crippen LogP contribution in [0.1, 0.15) is 17.0 Å². The fourth-order valence-corrected chi connectivity index (χ4v) is 2.81. The Hall–Kier alpha value is -1.85. The van der Waals surface area contributed by atoms with Crippen molar-refractivity contribution in [2.75, 3.05) is 20.8 Å². The number of methoxy groups -OCH3 is 2. The number of ether oxygens (including phenoxy) is 2. The van der Waals surface area contributed by atoms with E-state index in [1.807, 2.05) is 0 Å². The Balaban J connectivity index is 2.38. The molecule has 6 heteroatoms. The zero-order valence-electron chi connectivity index (χ0n) is 12.9. The van der Waals surface area contributed by atoms with E-state index in [2.05, 4.69) is 0 Å². The Morgan fingerprint density at radius 2 is 1.87 bits per heavy atom. The van der Waals surface area contributed by atoms with Crippen LogP contribution in [0.15, 0.2) is 30.3 Å². The first-order valence-corrected chi connectivity index (χ1v) is 7.44. The van der Waals surface area contributed by atoms with Crippen LogP contribution in [-0.2, 0) is 6.42 Å². The fourth-order valence-electron chi connectivity index (χ4n) is 2.50. The minimum Gasteiger partial charge on any atom is -0.493 e. The highest BCUT2D eigenvalue weighted by molar-refractivity contribution is 6.33. The first-order chi connectivity index (χ1) is 11.0. The maximum atomic E-state index is 14.0. The molecule has 1 unspecified atom stereocenters. The van der Waals surface area contributed by atoms with Gasteiger partial charge in [-0.15, -0.1) is 0 Å². The van der Waals surface area contributed by atoms with Crippen LogP contribution >= 0.6 is 11.6 Å². The molecular formula is C17H18ClF2NO2. The van der Waals surface area contributed by atoms with Gasteiger partial charge in [0.2, 0.25) is 0 Å². The lowest BCUT2D eigenvalue weighted by atomic mass is 9.91. The van der Waals surface area contributed by atoms with Gasteiger partial charge in [-0.25, -0.2) is 8.78 Å². The molecule has 0 radical (unpaired) electrons. The molecule has 2 N–H and O–H groups in total. The molecule has 0 aliphatic rings. The second-order valence-corrected chi connectivity index (χ2v) is 5.45. The van der Waals surface area contributed by atoms with Gasteiger partial charge < -0.3 is 15.2 Å². The summed E-state index contributed by atoms with van der Waals surface area (Å²) in [5.41, 5.74) is 6.72. The van der Waals surface area contributed by atoms with Gasteiger partial charge in [0, 0.05) is 5.92 Å². The minimum atomic E-state index is -0.502. The summed E-state index contributed by atoms with van der Waals surface area (Å²) in [7, 11) is 3.00. The van der Waals surface area contributed by atoms with E-state index in [9.17, 15) is 8.78 Å². The Morgan fingerprint density at radius 1 is 1.13 bits per heavy atom. The number of halogens is 3. The van der Waals surface area contributed by atoms with Crippen LogP contribution in [0.4, 0.5) is 8.78 Å². The van der Waals surface area contributed by atoms with E-state index in [-0.39, 0.29) is 12.1 Å². The van der Waals surface area contributed by atoms with Gasteiger partial charge in [0.25, 0.3) is 0 Å². The van der Waals surface area contributed by atoms with Crippen LogP contribution in [0.25, 0.3) is 0 Å². The van der Waals surface area contributed by atoms with Gasteiger partial charge >= 0.3 is 0 Å². The van der Waals surface area contributed by atoms with Crippen molar-refractivity contribution in [3.63, 3.8) is 0 Å². The van der Waals surface area contributed by atoms with Crippen LogP contribution in [0, 0.1) is 11.6 Å². The summed E-state index contributed by atoms with van der Waals surface area (Å²) in [5.74, 6) is -0.484. The quantitative estimate of drug-likeness (QED) is 0.866. The normalized spacial score (nSPS) is 12.1. The summed E-state index contributed by atoms with van der Waals surface area (Å²) in [4.78, 5) is 0. The predicted molar refractivity (Wildman–Crippen MR) is 86.4 cm³/mol. The molecule has 0 saturated carbocycles. The molecule has 0 heterocycles. The second-order valence-electron chi connectivity index (χ2n) is 5.08. The molecule has 0 aliphatic heterocycles. The molecule has 0 bridgehead atoms. The molecule has 3 nitrogen and oxygen atoms in total. The smallest absolute Gasteiger partial charge is 0.179 e. The summed E-state index contributed by atoms with van der Waals surface area (Å²) in [6, 6.07) is 6.83. The Kier molecular flexibility index (Phi) is 5.80. The van der Waals surface area contributed by atoms with Gasteiger partial charge in [-0.3, -0.25) is 0 Å². The summed E-state index contributed by atoms with van der Waals surface area (Å²) in [5, 5.41) is 0.377. The van der Waals surface area contributed by atoms with Crippen molar-refractivity contribution in [2.45, 2.75) is 12.3 Å². The van der Waals surface area contributed by atoms with E-state index < -0.39 is 17.6 Å². The maximum absolute atomic E-state index is 14.0. The van der Waals surface area contributed by atoms with E-state index in [0.29, 0.717) is 22.9 Å². The van der Waals surface area contributed by atoms with Crippen LogP contribution in [0.5, 0.6) is 11.5 Å². The molecule has 23 heavy (non-hydrogen) atoms. The SMILES string of the molecule is COc1ccc(CC(CN)c2cc(F)ccc2F)c(Cl)c1OC. The van der Waals surface area contributed by atoms with Crippen LogP contribution in [0.2, 0.25) is 5.02 Å². The second kappa shape index (κ2) is 7.62. The standard InChI is InChI=1S/C17H18ClF2NO2/c1-22-15-6-3-10(16(18)17(15)23-2)7-11(9-21)13-8-12(19)4-5-14(13)20/h3-6,8,11H,7,9,21H2,1-2H3. The van der Waals surface area contributed by atoms with Gasteiger partial charge in [-0.1, -0.05) is 17.7 Å². The van der Waals surface area contributed by atoms with Crippen LogP contribution in [0.3, 0.4) is 0 Å². The van der Waals surface area contributed by atoms with Gasteiger partial charge in [0.1, 0.15) is 11.6 Å². The summed E-state index contributed by atoms with van der Waals surface area (Å²) in [6.07, 6.45) is 0.357. The molecule has 1 atom stereocenters. The monoisotopic (exact) mass is 341 g/mol. The highest BCUT2D eigenvalue weighted by Crippen LogP contribution is 2.39. The van der Waals surface area contributed by atoms with Gasteiger partial charge in [0.15, 0.2) is 11.5 Å². The molecule has 0 spiro atoms. The molecule has 0 saturated heterocycles. The van der Waals surface area contributed by atoms with Crippen molar-refractivity contribution in [2.24, 2.45) is 5.73 Å². The van der Waals surface area contributed by atoms with Crippen molar-refractivity contribution in [3.05, 3.63) is 58.1 Å². The molecule has 2 rings (SSSR count). The fraction of sp³-hybridized carbons (Fsp3) is 0.294. The molecule has 0 aliphatic carbocycles. The van der Waals surface area contributed by atoms with Crippen LogP contribution in [-0.4, -0.2) is 20.8 Å². The third-order valence-electron chi connectivity index (χ3n) is 3.71. The zero-order valence-corrected chi connectivity index (χ0v) is 13.7. The third kappa shape index (κ3) is 3.74. The largest absolute Gasteiger partial charge is 0.493 e. The first-order valence-electron chi connectivity index (χ1n) is 7.06. The van der Waals surface area contributed by atoms with Crippen molar-refractivity contribution in [1.82, 2.24) is 0 Å². The van der Waals surface area contributed by atoms with Crippen LogP contribution < -0.4 is 15.2 Å². The van der Waals surface area contributed by atoms with E-state index in [1.54, 1.807) is 12.1 Å². The van der Waals surface area contributed by atoms with E-state index in [4.69, 9.17) is 26.8 Å². The summed E-state index contributed by atoms with van der Waals surface area (Å²) >= 11 is 6.34. The first kappa shape index (κ1) is 17.5. The number of hydrogen-bond acceptors (Lipinski definition) is 3. The lowest BCUT2D eigenvalue weighted by molar-refractivity contribution is 0.354. The van der Waals surface area contributed by atoms with Crippen molar-refractivity contribution in [3.8, 4) is 11.5 Å². The third-order valence-corrected chi connectivity index (χ3v) is 4.13. The van der Waals surface area contributed by atoms with Gasteiger partial charge in [-0.05, 0) is 48.4 Å². The number of nitrogens with two attached hydrogens (primary N) is 1. The number of benzene rings is 2. The van der Waals surface area contributed by atoms with Crippen molar-refractivity contribution in [1.29, 1.82) is 0 Å². The minimum absolute atomic E-state index is 0.158. The Morgan fingerprint density at radius 3 is 2.48 bits per heavy atom. The van der Waals surface area contributed by atoms with E-state index in [1.165, 1.54) is 20.3 Å². The highest BCUT2D eigenvalue weighted by atomic mass is 35.5.